The number of nitrogens with two attached hydrogens (primary N) is 1. The number of rotatable bonds is 6. The number of amides is 1. The summed E-state index contributed by atoms with van der Waals surface area (Å²) in [5, 5.41) is 5.03. The van der Waals surface area contributed by atoms with Crippen molar-refractivity contribution in [2.75, 3.05) is 12.4 Å². The van der Waals surface area contributed by atoms with Gasteiger partial charge in [0, 0.05) is 17.3 Å². The smallest absolute Gasteiger partial charge is 0.287 e. The van der Waals surface area contributed by atoms with Crippen LogP contribution >= 0.6 is 0 Å². The number of quaternary nitrogens is 1. The molecular formula is C18H23N2O2+. The molecular weight excluding hydrogens is 276 g/mol. The summed E-state index contributed by atoms with van der Waals surface area (Å²) in [6, 6.07) is 17.3. The highest BCUT2D eigenvalue weighted by molar-refractivity contribution is 5.94. The Morgan fingerprint density at radius 3 is 2.45 bits per heavy atom. The lowest BCUT2D eigenvalue weighted by Gasteiger charge is -2.18. The van der Waals surface area contributed by atoms with Crippen molar-refractivity contribution in [2.24, 2.45) is 0 Å². The molecule has 0 radical (unpaired) electrons. The standard InChI is InChI=1S/C18H22N2O2/c1-13(2)19-17(14-8-5-4-6-9-14)18(21)20-15-10-7-11-16(12-15)22-3/h4-13,17,19H,1-3H3,(H,20,21)/p+1/t17-/m1/s1. The van der Waals surface area contributed by atoms with E-state index in [1.165, 1.54) is 0 Å². The summed E-state index contributed by atoms with van der Waals surface area (Å²) in [6.07, 6.45) is 0. The fourth-order valence-corrected chi connectivity index (χ4v) is 2.32. The molecule has 0 aliphatic heterocycles. The number of methoxy groups -OCH3 is 1. The first-order chi connectivity index (χ1) is 10.6. The van der Waals surface area contributed by atoms with Gasteiger partial charge < -0.3 is 15.4 Å². The summed E-state index contributed by atoms with van der Waals surface area (Å²) in [5.41, 5.74) is 1.74. The zero-order chi connectivity index (χ0) is 15.9. The van der Waals surface area contributed by atoms with Crippen LogP contribution in [0.2, 0.25) is 0 Å². The van der Waals surface area contributed by atoms with Crippen LogP contribution in [0.1, 0.15) is 25.5 Å². The Labute approximate surface area is 131 Å². The molecule has 0 heterocycles. The van der Waals surface area contributed by atoms with E-state index in [2.05, 4.69) is 24.5 Å². The molecule has 0 bridgehead atoms. The Bertz CT molecular complexity index is 611. The Kier molecular flexibility index (Phi) is 5.55. The topological polar surface area (TPSA) is 54.9 Å². The van der Waals surface area contributed by atoms with Crippen LogP contribution in [0.25, 0.3) is 0 Å². The lowest BCUT2D eigenvalue weighted by atomic mass is 10.1. The van der Waals surface area contributed by atoms with Gasteiger partial charge in [-0.15, -0.1) is 0 Å². The van der Waals surface area contributed by atoms with Crippen LogP contribution in [0.15, 0.2) is 54.6 Å². The van der Waals surface area contributed by atoms with E-state index in [0.29, 0.717) is 6.04 Å². The molecule has 0 aliphatic carbocycles. The van der Waals surface area contributed by atoms with Crippen molar-refractivity contribution in [3.05, 3.63) is 60.2 Å². The quantitative estimate of drug-likeness (QED) is 0.860. The molecule has 22 heavy (non-hydrogen) atoms. The first-order valence-electron chi connectivity index (χ1n) is 7.45. The third kappa shape index (κ3) is 4.33. The second-order valence-corrected chi connectivity index (χ2v) is 5.55. The summed E-state index contributed by atoms with van der Waals surface area (Å²) < 4.78 is 5.19. The molecule has 0 saturated heterocycles. The van der Waals surface area contributed by atoms with Gasteiger partial charge in [-0.2, -0.15) is 0 Å². The van der Waals surface area contributed by atoms with Gasteiger partial charge in [-0.25, -0.2) is 0 Å². The second kappa shape index (κ2) is 7.61. The van der Waals surface area contributed by atoms with E-state index in [0.717, 1.165) is 17.0 Å². The molecule has 0 fully saturated rings. The molecule has 0 unspecified atom stereocenters. The van der Waals surface area contributed by atoms with Crippen molar-refractivity contribution in [3.8, 4) is 5.75 Å². The minimum atomic E-state index is -0.271. The maximum atomic E-state index is 12.7. The minimum absolute atomic E-state index is 0.0341. The maximum absolute atomic E-state index is 12.7. The SMILES string of the molecule is COc1cccc(NC(=O)[C@H]([NH2+]C(C)C)c2ccccc2)c1. The zero-order valence-corrected chi connectivity index (χ0v) is 13.2. The van der Waals surface area contributed by atoms with E-state index in [4.69, 9.17) is 4.74 Å². The van der Waals surface area contributed by atoms with E-state index in [1.54, 1.807) is 7.11 Å². The predicted octanol–water partition coefficient (Wildman–Crippen LogP) is 2.35. The highest BCUT2D eigenvalue weighted by Crippen LogP contribution is 2.18. The summed E-state index contributed by atoms with van der Waals surface area (Å²) in [6.45, 7) is 4.16. The molecule has 4 heteroatoms. The van der Waals surface area contributed by atoms with Crippen LogP contribution < -0.4 is 15.4 Å². The molecule has 1 atom stereocenters. The number of hydrogen-bond acceptors (Lipinski definition) is 2. The Morgan fingerprint density at radius 1 is 1.09 bits per heavy atom. The van der Waals surface area contributed by atoms with Gasteiger partial charge in [0.25, 0.3) is 5.91 Å². The van der Waals surface area contributed by atoms with Gasteiger partial charge >= 0.3 is 0 Å². The lowest BCUT2D eigenvalue weighted by Crippen LogP contribution is -2.91. The van der Waals surface area contributed by atoms with Crippen molar-refractivity contribution in [1.82, 2.24) is 0 Å². The monoisotopic (exact) mass is 299 g/mol. The third-order valence-electron chi connectivity index (χ3n) is 3.36. The van der Waals surface area contributed by atoms with Crippen molar-refractivity contribution in [1.29, 1.82) is 0 Å². The fraction of sp³-hybridized carbons (Fsp3) is 0.278. The molecule has 0 saturated carbocycles. The van der Waals surface area contributed by atoms with Gasteiger partial charge in [-0.1, -0.05) is 36.4 Å². The van der Waals surface area contributed by atoms with E-state index in [9.17, 15) is 4.79 Å². The Hall–Kier alpha value is -2.33. The van der Waals surface area contributed by atoms with Gasteiger partial charge in [-0.3, -0.25) is 4.79 Å². The Morgan fingerprint density at radius 2 is 1.82 bits per heavy atom. The number of carbonyl (C=O) groups is 1. The van der Waals surface area contributed by atoms with Crippen LogP contribution in [0.4, 0.5) is 5.69 Å². The highest BCUT2D eigenvalue weighted by atomic mass is 16.5. The predicted molar refractivity (Wildman–Crippen MR) is 87.9 cm³/mol. The molecule has 2 rings (SSSR count). The van der Waals surface area contributed by atoms with Crippen molar-refractivity contribution in [3.63, 3.8) is 0 Å². The van der Waals surface area contributed by atoms with Crippen LogP contribution in [0, 0.1) is 0 Å². The average molecular weight is 299 g/mol. The molecule has 2 aromatic carbocycles. The number of anilines is 1. The molecule has 4 nitrogen and oxygen atoms in total. The normalized spacial score (nSPS) is 12.0. The summed E-state index contributed by atoms with van der Waals surface area (Å²) in [4.78, 5) is 12.7. The van der Waals surface area contributed by atoms with E-state index < -0.39 is 0 Å². The third-order valence-corrected chi connectivity index (χ3v) is 3.36. The second-order valence-electron chi connectivity index (χ2n) is 5.55. The molecule has 3 N–H and O–H groups in total. The number of benzene rings is 2. The van der Waals surface area contributed by atoms with Crippen molar-refractivity contribution in [2.45, 2.75) is 25.9 Å². The summed E-state index contributed by atoms with van der Waals surface area (Å²) >= 11 is 0. The molecule has 0 aromatic heterocycles. The van der Waals surface area contributed by atoms with Crippen molar-refractivity contribution >= 4 is 11.6 Å². The number of hydrogen-bond donors (Lipinski definition) is 2. The summed E-state index contributed by atoms with van der Waals surface area (Å²) in [7, 11) is 1.61. The van der Waals surface area contributed by atoms with Crippen LogP contribution in [0.5, 0.6) is 5.75 Å². The van der Waals surface area contributed by atoms with E-state index >= 15 is 0 Å². The number of ether oxygens (including phenoxy) is 1. The first-order valence-corrected chi connectivity index (χ1v) is 7.45. The van der Waals surface area contributed by atoms with Crippen LogP contribution in [-0.2, 0) is 4.79 Å². The number of nitrogens with one attached hydrogen (secondary N) is 1. The molecule has 0 aliphatic rings. The van der Waals surface area contributed by atoms with Gasteiger partial charge in [-0.05, 0) is 26.0 Å². The van der Waals surface area contributed by atoms with Crippen molar-refractivity contribution < 1.29 is 14.8 Å². The largest absolute Gasteiger partial charge is 0.497 e. The molecule has 0 spiro atoms. The minimum Gasteiger partial charge on any atom is -0.497 e. The number of carbonyl (C=O) groups excluding carboxylic acids is 1. The average Bonchev–Trinajstić information content (AvgIpc) is 2.53. The van der Waals surface area contributed by atoms with E-state index in [1.807, 2.05) is 54.6 Å². The van der Waals surface area contributed by atoms with E-state index in [-0.39, 0.29) is 11.9 Å². The maximum Gasteiger partial charge on any atom is 0.287 e. The van der Waals surface area contributed by atoms with Gasteiger partial charge in [0.05, 0.1) is 13.2 Å². The zero-order valence-electron chi connectivity index (χ0n) is 13.2. The van der Waals surface area contributed by atoms with Crippen LogP contribution in [0.3, 0.4) is 0 Å². The molecule has 2 aromatic rings. The summed E-state index contributed by atoms with van der Waals surface area (Å²) in [5.74, 6) is 0.690. The molecule has 1 amide bonds. The lowest BCUT2D eigenvalue weighted by molar-refractivity contribution is -0.709. The molecule has 116 valence electrons. The van der Waals surface area contributed by atoms with Gasteiger partial charge in [0.15, 0.2) is 6.04 Å². The van der Waals surface area contributed by atoms with Gasteiger partial charge in [0.2, 0.25) is 0 Å². The highest BCUT2D eigenvalue weighted by Gasteiger charge is 2.25. The van der Waals surface area contributed by atoms with Gasteiger partial charge in [0.1, 0.15) is 5.75 Å². The van der Waals surface area contributed by atoms with Crippen LogP contribution in [-0.4, -0.2) is 19.1 Å². The Balaban J connectivity index is 2.18. The first kappa shape index (κ1) is 16.0. The fourth-order valence-electron chi connectivity index (χ4n) is 2.32.